The lowest BCUT2D eigenvalue weighted by molar-refractivity contribution is -0.475. The second-order valence-corrected chi connectivity index (χ2v) is 3.92. The molecule has 0 aliphatic heterocycles. The lowest BCUT2D eigenvalue weighted by Crippen LogP contribution is -2.61. The third-order valence-corrected chi connectivity index (χ3v) is 2.05. The molecule has 138 valence electrons. The third kappa shape index (κ3) is 4.14. The van der Waals surface area contributed by atoms with Crippen LogP contribution in [0.15, 0.2) is 0 Å². The Labute approximate surface area is 120 Å². The van der Waals surface area contributed by atoms with Crippen molar-refractivity contribution in [3.8, 4) is 0 Å². The molecule has 0 saturated heterocycles. The van der Waals surface area contributed by atoms with Gasteiger partial charge in [0.05, 0.1) is 6.61 Å². The Bertz CT molecular complexity index is 427. The van der Waals surface area contributed by atoms with Crippen LogP contribution in [0.5, 0.6) is 0 Å². The number of halogens is 11. The Kier molecular flexibility index (Phi) is 5.91. The first-order valence-electron chi connectivity index (χ1n) is 5.39. The maximum atomic E-state index is 13.4. The molecule has 0 aliphatic carbocycles. The summed E-state index contributed by atoms with van der Waals surface area (Å²) < 4.78 is 142. The molecule has 0 unspecified atom stereocenters. The average molecular weight is 372 g/mol. The van der Waals surface area contributed by atoms with Crippen LogP contribution in [0.2, 0.25) is 0 Å². The standard InChI is InChI=1S/C9H7F11O3/c1-2-3-22-4(21)5(10,7(13,14)15)23-9(19,20)6(11,12)8(16,17)18/h2-3H2,1H3/t5-/m1/s1. The SMILES string of the molecule is CCCOC(=O)[C@@](F)(OC(F)(F)C(F)(F)C(F)(F)F)C(F)(F)F. The van der Waals surface area contributed by atoms with Gasteiger partial charge in [0.2, 0.25) is 0 Å². The lowest BCUT2D eigenvalue weighted by Gasteiger charge is -2.33. The minimum Gasteiger partial charge on any atom is -0.461 e. The van der Waals surface area contributed by atoms with E-state index in [1.807, 2.05) is 4.74 Å². The highest BCUT2D eigenvalue weighted by Crippen LogP contribution is 2.51. The molecule has 3 nitrogen and oxygen atoms in total. The minimum absolute atomic E-state index is 0.241. The normalized spacial score (nSPS) is 16.9. The zero-order valence-electron chi connectivity index (χ0n) is 10.8. The zero-order valence-corrected chi connectivity index (χ0v) is 10.8. The van der Waals surface area contributed by atoms with Gasteiger partial charge in [0, 0.05) is 0 Å². The lowest BCUT2D eigenvalue weighted by atomic mass is 10.2. The van der Waals surface area contributed by atoms with Gasteiger partial charge in [-0.05, 0) is 6.42 Å². The van der Waals surface area contributed by atoms with Crippen LogP contribution >= 0.6 is 0 Å². The fourth-order valence-corrected chi connectivity index (χ4v) is 0.909. The molecule has 0 saturated carbocycles. The summed E-state index contributed by atoms with van der Waals surface area (Å²) >= 11 is 0. The van der Waals surface area contributed by atoms with Gasteiger partial charge in [-0.25, -0.2) is 4.79 Å². The van der Waals surface area contributed by atoms with Crippen LogP contribution in [-0.4, -0.2) is 42.8 Å². The van der Waals surface area contributed by atoms with Gasteiger partial charge in [-0.3, -0.25) is 4.74 Å². The van der Waals surface area contributed by atoms with Crippen LogP contribution in [0, 0.1) is 0 Å². The van der Waals surface area contributed by atoms with Gasteiger partial charge in [0.25, 0.3) is 0 Å². The molecule has 14 heteroatoms. The van der Waals surface area contributed by atoms with Crippen molar-refractivity contribution >= 4 is 5.97 Å². The van der Waals surface area contributed by atoms with Crippen molar-refractivity contribution in [3.63, 3.8) is 0 Å². The molecule has 0 heterocycles. The molecule has 0 N–H and O–H groups in total. The first kappa shape index (κ1) is 21.7. The van der Waals surface area contributed by atoms with Crippen LogP contribution in [0.4, 0.5) is 48.3 Å². The molecule has 0 spiro atoms. The molecule has 0 aromatic heterocycles. The topological polar surface area (TPSA) is 35.5 Å². The largest absolute Gasteiger partial charge is 0.462 e. The van der Waals surface area contributed by atoms with E-state index in [0.29, 0.717) is 0 Å². The molecule has 0 aromatic carbocycles. The smallest absolute Gasteiger partial charge is 0.461 e. The summed E-state index contributed by atoms with van der Waals surface area (Å²) in [5, 5.41) is 0. The van der Waals surface area contributed by atoms with Gasteiger partial charge in [-0.1, -0.05) is 6.92 Å². The van der Waals surface area contributed by atoms with Crippen molar-refractivity contribution in [3.05, 3.63) is 0 Å². The zero-order chi connectivity index (χ0) is 18.9. The second kappa shape index (κ2) is 6.28. The molecular formula is C9H7F11O3. The number of rotatable bonds is 6. The van der Waals surface area contributed by atoms with E-state index >= 15 is 0 Å². The maximum Gasteiger partial charge on any atom is 0.462 e. The van der Waals surface area contributed by atoms with Crippen molar-refractivity contribution in [2.45, 2.75) is 43.6 Å². The number of ether oxygens (including phenoxy) is 2. The Morgan fingerprint density at radius 3 is 1.57 bits per heavy atom. The fraction of sp³-hybridized carbons (Fsp3) is 0.889. The summed E-state index contributed by atoms with van der Waals surface area (Å²) in [4.78, 5) is 10.8. The molecule has 0 bridgehead atoms. The van der Waals surface area contributed by atoms with Gasteiger partial charge in [-0.15, -0.1) is 0 Å². The molecule has 0 radical (unpaired) electrons. The van der Waals surface area contributed by atoms with Gasteiger partial charge < -0.3 is 4.74 Å². The van der Waals surface area contributed by atoms with Crippen molar-refractivity contribution in [2.24, 2.45) is 0 Å². The average Bonchev–Trinajstić information content (AvgIpc) is 2.32. The van der Waals surface area contributed by atoms with Gasteiger partial charge in [0.15, 0.2) is 0 Å². The maximum absolute atomic E-state index is 13.4. The predicted molar refractivity (Wildman–Crippen MR) is 48.2 cm³/mol. The van der Waals surface area contributed by atoms with Crippen LogP contribution in [-0.2, 0) is 14.3 Å². The van der Waals surface area contributed by atoms with Crippen LogP contribution in [0.3, 0.4) is 0 Å². The highest BCUT2D eigenvalue weighted by molar-refractivity contribution is 5.78. The Balaban J connectivity index is 5.78. The van der Waals surface area contributed by atoms with Crippen molar-refractivity contribution in [1.29, 1.82) is 0 Å². The molecule has 0 aliphatic rings. The molecule has 0 aromatic rings. The summed E-state index contributed by atoms with van der Waals surface area (Å²) in [6, 6.07) is 0. The quantitative estimate of drug-likeness (QED) is 0.523. The fourth-order valence-electron chi connectivity index (χ4n) is 0.909. The predicted octanol–water partition coefficient (Wildman–Crippen LogP) is 3.97. The van der Waals surface area contributed by atoms with E-state index in [-0.39, 0.29) is 6.42 Å². The molecule has 1 atom stereocenters. The van der Waals surface area contributed by atoms with Gasteiger partial charge in [-0.2, -0.15) is 48.3 Å². The number of carbonyl (C=O) groups excluding carboxylic acids is 1. The summed E-state index contributed by atoms with van der Waals surface area (Å²) in [5.41, 5.74) is 0. The third-order valence-electron chi connectivity index (χ3n) is 2.05. The highest BCUT2D eigenvalue weighted by Gasteiger charge is 2.80. The van der Waals surface area contributed by atoms with Crippen molar-refractivity contribution in [1.82, 2.24) is 0 Å². The Morgan fingerprint density at radius 1 is 0.826 bits per heavy atom. The second-order valence-electron chi connectivity index (χ2n) is 3.92. The van der Waals surface area contributed by atoms with E-state index in [1.165, 1.54) is 6.92 Å². The molecule has 0 amide bonds. The first-order valence-corrected chi connectivity index (χ1v) is 5.39. The van der Waals surface area contributed by atoms with Gasteiger partial charge >= 0.3 is 36.2 Å². The Morgan fingerprint density at radius 2 is 1.26 bits per heavy atom. The molecule has 0 fully saturated rings. The minimum atomic E-state index is -7.21. The van der Waals surface area contributed by atoms with Crippen LogP contribution < -0.4 is 0 Å². The number of carbonyl (C=O) groups is 1. The highest BCUT2D eigenvalue weighted by atomic mass is 19.4. The van der Waals surface area contributed by atoms with E-state index in [0.717, 1.165) is 0 Å². The Hall–Kier alpha value is -1.34. The van der Waals surface area contributed by atoms with E-state index in [1.54, 1.807) is 0 Å². The first-order chi connectivity index (χ1) is 9.94. The summed E-state index contributed by atoms with van der Waals surface area (Å²) in [5.74, 6) is -16.7. The van der Waals surface area contributed by atoms with E-state index < -0.39 is 42.8 Å². The monoisotopic (exact) mass is 372 g/mol. The van der Waals surface area contributed by atoms with Crippen molar-refractivity contribution in [2.75, 3.05) is 6.61 Å². The van der Waals surface area contributed by atoms with E-state index in [4.69, 9.17) is 0 Å². The molecule has 0 rings (SSSR count). The summed E-state index contributed by atoms with van der Waals surface area (Å²) in [6.07, 6.45) is -21.1. The number of hydrogen-bond donors (Lipinski definition) is 0. The number of hydrogen-bond acceptors (Lipinski definition) is 3. The van der Waals surface area contributed by atoms with Crippen LogP contribution in [0.25, 0.3) is 0 Å². The molecular weight excluding hydrogens is 365 g/mol. The molecule has 23 heavy (non-hydrogen) atoms. The van der Waals surface area contributed by atoms with Gasteiger partial charge in [0.1, 0.15) is 0 Å². The summed E-state index contributed by atoms with van der Waals surface area (Å²) in [7, 11) is 0. The van der Waals surface area contributed by atoms with Crippen LogP contribution in [0.1, 0.15) is 13.3 Å². The number of alkyl halides is 11. The summed E-state index contributed by atoms with van der Waals surface area (Å²) in [6.45, 7) is 0.208. The van der Waals surface area contributed by atoms with E-state index in [2.05, 4.69) is 4.74 Å². The van der Waals surface area contributed by atoms with Crippen molar-refractivity contribution < 1.29 is 62.6 Å². The van der Waals surface area contributed by atoms with E-state index in [9.17, 15) is 53.1 Å². The number of esters is 1.